The third kappa shape index (κ3) is 5.33. The molecule has 0 amide bonds. The van der Waals surface area contributed by atoms with Gasteiger partial charge in [0.05, 0.1) is 21.1 Å². The molecule has 1 rings (SSSR count). The molecule has 1 saturated heterocycles. The van der Waals surface area contributed by atoms with Crippen molar-refractivity contribution in [2.24, 2.45) is 0 Å². The topological polar surface area (TPSA) is 9.23 Å². The van der Waals surface area contributed by atoms with Crippen LogP contribution in [0.25, 0.3) is 0 Å². The minimum atomic E-state index is 0.0217. The second-order valence-corrected chi connectivity index (χ2v) is 7.74. The molecule has 0 aromatic carbocycles. The van der Waals surface area contributed by atoms with Gasteiger partial charge in [-0.05, 0) is 37.5 Å². The molecule has 106 valence electrons. The summed E-state index contributed by atoms with van der Waals surface area (Å²) in [6.07, 6.45) is 8.43. The standard InChI is InChI=1S/C15H30NOS/c1-6-8-10-14(7-2)18-15(11-9-12-17-15)13-16(3,4)5/h7H,6,8-13H2,1-5H3/q+1. The van der Waals surface area contributed by atoms with Crippen molar-refractivity contribution in [2.75, 3.05) is 34.3 Å². The van der Waals surface area contributed by atoms with E-state index in [0.29, 0.717) is 0 Å². The first kappa shape index (κ1) is 16.1. The van der Waals surface area contributed by atoms with E-state index in [4.69, 9.17) is 4.74 Å². The molecule has 2 nitrogen and oxygen atoms in total. The van der Waals surface area contributed by atoms with Crippen molar-refractivity contribution < 1.29 is 9.22 Å². The Morgan fingerprint density at radius 2 is 2.11 bits per heavy atom. The largest absolute Gasteiger partial charge is 0.358 e. The number of thioether (sulfide) groups is 1. The number of unbranched alkanes of at least 4 members (excludes halogenated alkanes) is 1. The summed E-state index contributed by atoms with van der Waals surface area (Å²) in [6.45, 7) is 6.43. The molecule has 0 aromatic rings. The van der Waals surface area contributed by atoms with Gasteiger partial charge in [-0.25, -0.2) is 0 Å². The number of rotatable bonds is 7. The summed E-state index contributed by atoms with van der Waals surface area (Å²) in [4.78, 5) is 1.53. The number of ether oxygens (including phenoxy) is 1. The van der Waals surface area contributed by atoms with E-state index in [1.807, 2.05) is 11.8 Å². The molecule has 1 atom stereocenters. The Morgan fingerprint density at radius 3 is 2.56 bits per heavy atom. The maximum absolute atomic E-state index is 6.14. The Bertz CT molecular complexity index is 275. The Balaban J connectivity index is 2.67. The molecule has 0 aromatic heterocycles. The predicted octanol–water partition coefficient (Wildman–Crippen LogP) is 4.03. The van der Waals surface area contributed by atoms with E-state index in [0.717, 1.165) is 17.6 Å². The summed E-state index contributed by atoms with van der Waals surface area (Å²) >= 11 is 1.99. The van der Waals surface area contributed by atoms with Gasteiger partial charge >= 0.3 is 0 Å². The lowest BCUT2D eigenvalue weighted by atomic mass is 10.2. The molecule has 3 heteroatoms. The maximum Gasteiger partial charge on any atom is 0.166 e. The summed E-state index contributed by atoms with van der Waals surface area (Å²) in [5, 5.41) is 0. The quantitative estimate of drug-likeness (QED) is 0.647. The van der Waals surface area contributed by atoms with E-state index >= 15 is 0 Å². The summed E-state index contributed by atoms with van der Waals surface area (Å²) in [5.74, 6) is 0. The van der Waals surface area contributed by atoms with Gasteiger partial charge in [0.2, 0.25) is 0 Å². The number of quaternary nitrogens is 1. The molecule has 1 fully saturated rings. The second kappa shape index (κ2) is 6.97. The fraction of sp³-hybridized carbons (Fsp3) is 0.867. The minimum absolute atomic E-state index is 0.0217. The number of allylic oxidation sites excluding steroid dienone is 2. The lowest BCUT2D eigenvalue weighted by molar-refractivity contribution is -0.874. The smallest absolute Gasteiger partial charge is 0.166 e. The molecule has 0 N–H and O–H groups in total. The van der Waals surface area contributed by atoms with E-state index in [-0.39, 0.29) is 4.93 Å². The summed E-state index contributed by atoms with van der Waals surface area (Å²) < 4.78 is 7.11. The SMILES string of the molecule is CC=C(CCCC)SC1(C[N+](C)(C)C)CCCO1. The molecule has 18 heavy (non-hydrogen) atoms. The summed E-state index contributed by atoms with van der Waals surface area (Å²) in [7, 11) is 6.77. The first-order valence-electron chi connectivity index (χ1n) is 7.19. The molecule has 1 heterocycles. The van der Waals surface area contributed by atoms with Crippen LogP contribution in [0.3, 0.4) is 0 Å². The number of likely N-dealkylation sites (N-methyl/N-ethyl adjacent to an activating group) is 1. The lowest BCUT2D eigenvalue weighted by Crippen LogP contribution is -2.47. The van der Waals surface area contributed by atoms with Gasteiger partial charge in [0.15, 0.2) is 4.93 Å². The third-order valence-corrected chi connectivity index (χ3v) is 4.72. The van der Waals surface area contributed by atoms with Crippen molar-refractivity contribution in [3.05, 3.63) is 11.0 Å². The zero-order chi connectivity index (χ0) is 13.6. The molecule has 1 aliphatic heterocycles. The van der Waals surface area contributed by atoms with E-state index < -0.39 is 0 Å². The normalized spacial score (nSPS) is 25.7. The van der Waals surface area contributed by atoms with Crippen LogP contribution in [-0.4, -0.2) is 43.7 Å². The highest BCUT2D eigenvalue weighted by atomic mass is 32.2. The van der Waals surface area contributed by atoms with Crippen LogP contribution in [-0.2, 0) is 4.74 Å². The van der Waals surface area contributed by atoms with Crippen LogP contribution in [0, 0.1) is 0 Å². The summed E-state index contributed by atoms with van der Waals surface area (Å²) in [5.41, 5.74) is 0. The Kier molecular flexibility index (Phi) is 6.22. The number of hydrogen-bond acceptors (Lipinski definition) is 2. The number of hydrogen-bond donors (Lipinski definition) is 0. The molecule has 0 bridgehead atoms. The van der Waals surface area contributed by atoms with E-state index in [1.54, 1.807) is 0 Å². The van der Waals surface area contributed by atoms with Gasteiger partial charge in [0.1, 0.15) is 6.54 Å². The zero-order valence-corrected chi connectivity index (χ0v) is 13.6. The first-order chi connectivity index (χ1) is 8.41. The van der Waals surface area contributed by atoms with Gasteiger partial charge in [-0.3, -0.25) is 0 Å². The van der Waals surface area contributed by atoms with Crippen LogP contribution >= 0.6 is 11.8 Å². The monoisotopic (exact) mass is 272 g/mol. The molecule has 0 radical (unpaired) electrons. The lowest BCUT2D eigenvalue weighted by Gasteiger charge is -2.36. The van der Waals surface area contributed by atoms with Gasteiger partial charge in [-0.1, -0.05) is 31.2 Å². The van der Waals surface area contributed by atoms with Crippen molar-refractivity contribution in [1.82, 2.24) is 0 Å². The third-order valence-electron chi connectivity index (χ3n) is 3.20. The molecule has 1 aliphatic rings. The highest BCUT2D eigenvalue weighted by Gasteiger charge is 2.41. The van der Waals surface area contributed by atoms with E-state index in [2.05, 4.69) is 41.1 Å². The van der Waals surface area contributed by atoms with Crippen LogP contribution < -0.4 is 0 Å². The predicted molar refractivity (Wildman–Crippen MR) is 81.7 cm³/mol. The van der Waals surface area contributed by atoms with E-state index in [9.17, 15) is 0 Å². The fourth-order valence-corrected chi connectivity index (χ4v) is 4.16. The highest BCUT2D eigenvalue weighted by molar-refractivity contribution is 8.04. The van der Waals surface area contributed by atoms with Gasteiger partial charge in [0.25, 0.3) is 0 Å². The highest BCUT2D eigenvalue weighted by Crippen LogP contribution is 2.43. The van der Waals surface area contributed by atoms with Crippen LogP contribution in [0.2, 0.25) is 0 Å². The van der Waals surface area contributed by atoms with Crippen molar-refractivity contribution in [3.8, 4) is 0 Å². The summed E-state index contributed by atoms with van der Waals surface area (Å²) in [6, 6.07) is 0. The maximum atomic E-state index is 6.14. The van der Waals surface area contributed by atoms with E-state index in [1.165, 1.54) is 37.0 Å². The van der Waals surface area contributed by atoms with Crippen LogP contribution in [0.4, 0.5) is 0 Å². The van der Waals surface area contributed by atoms with Gasteiger partial charge < -0.3 is 9.22 Å². The van der Waals surface area contributed by atoms with Crippen LogP contribution in [0.1, 0.15) is 46.0 Å². The van der Waals surface area contributed by atoms with Gasteiger partial charge in [-0.15, -0.1) is 0 Å². The van der Waals surface area contributed by atoms with Crippen LogP contribution in [0.15, 0.2) is 11.0 Å². The fourth-order valence-electron chi connectivity index (χ4n) is 2.48. The molecular weight excluding hydrogens is 242 g/mol. The van der Waals surface area contributed by atoms with Gasteiger partial charge in [0, 0.05) is 6.61 Å². The molecule has 0 saturated carbocycles. The second-order valence-electron chi connectivity index (χ2n) is 6.27. The average molecular weight is 272 g/mol. The Hall–Kier alpha value is 0.01000. The van der Waals surface area contributed by atoms with Crippen molar-refractivity contribution in [1.29, 1.82) is 0 Å². The van der Waals surface area contributed by atoms with Crippen molar-refractivity contribution in [3.63, 3.8) is 0 Å². The first-order valence-corrected chi connectivity index (χ1v) is 8.01. The Labute approximate surface area is 117 Å². The van der Waals surface area contributed by atoms with Crippen molar-refractivity contribution >= 4 is 11.8 Å². The van der Waals surface area contributed by atoms with Gasteiger partial charge in [-0.2, -0.15) is 0 Å². The number of nitrogens with zero attached hydrogens (tertiary/aromatic N) is 1. The molecule has 0 spiro atoms. The minimum Gasteiger partial charge on any atom is -0.358 e. The Morgan fingerprint density at radius 1 is 1.39 bits per heavy atom. The molecular formula is C15H30NOS+. The van der Waals surface area contributed by atoms with Crippen molar-refractivity contribution in [2.45, 2.75) is 50.9 Å². The van der Waals surface area contributed by atoms with Crippen LogP contribution in [0.5, 0.6) is 0 Å². The zero-order valence-electron chi connectivity index (χ0n) is 12.8. The molecule has 0 aliphatic carbocycles. The molecule has 1 unspecified atom stereocenters. The average Bonchev–Trinajstić information content (AvgIpc) is 2.70.